The van der Waals surface area contributed by atoms with Crippen LogP contribution in [0.2, 0.25) is 0 Å². The molecule has 0 saturated heterocycles. The van der Waals surface area contributed by atoms with E-state index in [0.29, 0.717) is 0 Å². The molecule has 0 aromatic carbocycles. The molecule has 0 spiro atoms. The molecule has 0 radical (unpaired) electrons. The average Bonchev–Trinajstić information content (AvgIpc) is 2.61. The second kappa shape index (κ2) is 3.50. The first-order valence-corrected chi connectivity index (χ1v) is 9.55. The predicted octanol–water partition coefficient (Wildman–Crippen LogP) is 0.859. The van der Waals surface area contributed by atoms with E-state index in [1.165, 1.54) is 18.2 Å². The van der Waals surface area contributed by atoms with E-state index in [0.717, 1.165) is 3.33 Å². The van der Waals surface area contributed by atoms with E-state index in [9.17, 15) is 9.59 Å². The van der Waals surface area contributed by atoms with Gasteiger partial charge in [-0.2, -0.15) is 0 Å². The van der Waals surface area contributed by atoms with Crippen LogP contribution in [0.4, 0.5) is 0 Å². The van der Waals surface area contributed by atoms with E-state index in [2.05, 4.69) is 7.67 Å². The van der Waals surface area contributed by atoms with Crippen LogP contribution in [0.3, 0.4) is 0 Å². The van der Waals surface area contributed by atoms with Gasteiger partial charge in [0.2, 0.25) is 0 Å². The van der Waals surface area contributed by atoms with Crippen molar-refractivity contribution in [3.05, 3.63) is 41.4 Å². The summed E-state index contributed by atoms with van der Waals surface area (Å²) in [5.74, 6) is -0.0309. The Morgan fingerprint density at radius 2 is 1.69 bits per heavy atom. The quantitative estimate of drug-likeness (QED) is 0.664. The van der Waals surface area contributed by atoms with Crippen molar-refractivity contribution < 1.29 is 9.59 Å². The number of carbonyl (C=O) groups excluding carboxylic acids is 2. The van der Waals surface area contributed by atoms with Crippen molar-refractivity contribution in [1.82, 2.24) is 0 Å². The monoisotopic (exact) mass is 274 g/mol. The van der Waals surface area contributed by atoms with Crippen molar-refractivity contribution in [1.29, 1.82) is 0 Å². The van der Waals surface area contributed by atoms with Crippen LogP contribution in [0.5, 0.6) is 0 Å². The molecule has 1 aliphatic carbocycles. The van der Waals surface area contributed by atoms with Crippen molar-refractivity contribution in [3.63, 3.8) is 0 Å². The van der Waals surface area contributed by atoms with E-state index in [-0.39, 0.29) is 11.6 Å². The molecule has 2 nitrogen and oxygen atoms in total. The van der Waals surface area contributed by atoms with Gasteiger partial charge < -0.3 is 0 Å². The van der Waals surface area contributed by atoms with Gasteiger partial charge in [-0.25, -0.2) is 0 Å². The van der Waals surface area contributed by atoms with Crippen molar-refractivity contribution in [3.8, 4) is 0 Å². The van der Waals surface area contributed by atoms with Crippen LogP contribution in [0.25, 0.3) is 0 Å². The number of rotatable bonds is 1. The summed E-state index contributed by atoms with van der Waals surface area (Å²) in [4.78, 5) is 22.4. The van der Waals surface area contributed by atoms with E-state index in [1.54, 1.807) is 0 Å². The van der Waals surface area contributed by atoms with Gasteiger partial charge in [-0.3, -0.25) is 0 Å². The van der Waals surface area contributed by atoms with Gasteiger partial charge in [0.1, 0.15) is 0 Å². The normalized spacial score (nSPS) is 20.0. The zero-order valence-electron chi connectivity index (χ0n) is 6.94. The van der Waals surface area contributed by atoms with Gasteiger partial charge in [0.15, 0.2) is 0 Å². The number of carbonyl (C=O) groups is 2. The number of ketones is 2. The third-order valence-corrected chi connectivity index (χ3v) is 9.06. The minimum atomic E-state index is -2.08. The predicted molar refractivity (Wildman–Crippen MR) is 51.3 cm³/mol. The molecule has 0 aromatic rings. The molecule has 0 atom stereocenters. The molecule has 0 N–H and O–H groups in total. The molecule has 0 saturated carbocycles. The summed E-state index contributed by atoms with van der Waals surface area (Å²) in [7, 11) is 0. The fraction of sp³-hybridized carbons (Fsp3) is 0. The minimum absolute atomic E-state index is 0.0246. The second-order valence-corrected chi connectivity index (χ2v) is 9.97. The zero-order chi connectivity index (χ0) is 9.26. The average molecular weight is 274 g/mol. The van der Waals surface area contributed by atoms with E-state index in [4.69, 9.17) is 0 Å². The van der Waals surface area contributed by atoms with Crippen molar-refractivity contribution in [2.45, 2.75) is 0 Å². The SMILES string of the molecule is O=C1C=CC(=O)[C]([In]2[CH]=CC=[CH]2)=C1. The number of hydrogen-bond donors (Lipinski definition) is 0. The molecule has 2 rings (SSSR count). The first-order valence-electron chi connectivity index (χ1n) is 4.10. The maximum absolute atomic E-state index is 11.4. The van der Waals surface area contributed by atoms with Crippen LogP contribution < -0.4 is 0 Å². The Bertz CT molecular complexity index is 374. The summed E-state index contributed by atoms with van der Waals surface area (Å²) in [5.41, 5.74) is 0. The van der Waals surface area contributed by atoms with E-state index in [1.807, 2.05) is 12.2 Å². The van der Waals surface area contributed by atoms with Gasteiger partial charge in [-0.05, 0) is 0 Å². The van der Waals surface area contributed by atoms with Gasteiger partial charge in [0.05, 0.1) is 0 Å². The third kappa shape index (κ3) is 1.75. The Labute approximate surface area is 83.9 Å². The molecule has 2 aliphatic rings. The van der Waals surface area contributed by atoms with Crippen molar-refractivity contribution >= 4 is 33.0 Å². The Hall–Kier alpha value is -0.830. The van der Waals surface area contributed by atoms with Gasteiger partial charge in [-0.1, -0.05) is 0 Å². The number of allylic oxidation sites excluding steroid dienone is 6. The van der Waals surface area contributed by atoms with Gasteiger partial charge >= 0.3 is 84.0 Å². The summed E-state index contributed by atoms with van der Waals surface area (Å²) in [6.07, 6.45) is 8.16. The first kappa shape index (κ1) is 8.75. The Morgan fingerprint density at radius 1 is 1.00 bits per heavy atom. The molecular weight excluding hydrogens is 267 g/mol. The third-order valence-electron chi connectivity index (χ3n) is 2.09. The van der Waals surface area contributed by atoms with Crippen LogP contribution >= 0.6 is 0 Å². The van der Waals surface area contributed by atoms with Crippen LogP contribution in [-0.4, -0.2) is 33.0 Å². The van der Waals surface area contributed by atoms with Gasteiger partial charge in [0, 0.05) is 0 Å². The molecule has 62 valence electrons. The van der Waals surface area contributed by atoms with Gasteiger partial charge in [-0.15, -0.1) is 0 Å². The molecular formula is C10H7InO2. The van der Waals surface area contributed by atoms with Crippen LogP contribution in [0, 0.1) is 0 Å². The fourth-order valence-corrected chi connectivity index (χ4v) is 7.31. The first-order chi connectivity index (χ1) is 6.27. The molecule has 0 aromatic heterocycles. The molecule has 0 amide bonds. The van der Waals surface area contributed by atoms with Crippen LogP contribution in [0.15, 0.2) is 41.4 Å². The number of hydrogen-bond acceptors (Lipinski definition) is 2. The molecule has 1 aliphatic heterocycles. The molecule has 0 unspecified atom stereocenters. The van der Waals surface area contributed by atoms with Crippen LogP contribution in [-0.2, 0) is 9.59 Å². The molecule has 1 heterocycles. The summed E-state index contributed by atoms with van der Waals surface area (Å²) >= 11 is -2.08. The summed E-state index contributed by atoms with van der Waals surface area (Å²) in [6.45, 7) is 0. The molecule has 0 bridgehead atoms. The summed E-state index contributed by atoms with van der Waals surface area (Å²) in [6, 6.07) is 0. The van der Waals surface area contributed by atoms with E-state index >= 15 is 0 Å². The standard InChI is InChI=1S/C6H3O2.C4H4.In/c7-5-1-2-6(8)4-3-5;1-3-4-2;/h1-3H;1-4H;. The Kier molecular flexibility index (Phi) is 2.36. The topological polar surface area (TPSA) is 34.1 Å². The van der Waals surface area contributed by atoms with Crippen LogP contribution in [0.1, 0.15) is 0 Å². The van der Waals surface area contributed by atoms with E-state index < -0.39 is 21.4 Å². The fourth-order valence-electron chi connectivity index (χ4n) is 1.43. The zero-order valence-corrected chi connectivity index (χ0v) is 10.2. The molecule has 3 heteroatoms. The summed E-state index contributed by atoms with van der Waals surface area (Å²) in [5, 5.41) is 0. The van der Waals surface area contributed by atoms with Crippen molar-refractivity contribution in [2.75, 3.05) is 0 Å². The second-order valence-electron chi connectivity index (χ2n) is 3.00. The summed E-state index contributed by atoms with van der Waals surface area (Å²) < 4.78 is 5.00. The Balaban J connectivity index is 2.32. The van der Waals surface area contributed by atoms with Crippen molar-refractivity contribution in [2.24, 2.45) is 0 Å². The van der Waals surface area contributed by atoms with Gasteiger partial charge in [0.25, 0.3) is 0 Å². The molecule has 13 heavy (non-hydrogen) atoms. The molecule has 0 fully saturated rings. The Morgan fingerprint density at radius 3 is 2.38 bits per heavy atom. The maximum atomic E-state index is 11.4.